The molecule has 174 valence electrons. The monoisotopic (exact) mass is 520 g/mol. The largest absolute Gasteiger partial charge is 0.325 e. The molecule has 0 saturated carbocycles. The second-order valence-corrected chi connectivity index (χ2v) is 10.4. The Bertz CT molecular complexity index is 1140. The van der Waals surface area contributed by atoms with Gasteiger partial charge >= 0.3 is 0 Å². The maximum absolute atomic E-state index is 12.6. The number of hydrogen-bond donors (Lipinski definition) is 1. The van der Waals surface area contributed by atoms with Crippen LogP contribution in [0.25, 0.3) is 0 Å². The van der Waals surface area contributed by atoms with Crippen LogP contribution in [0.4, 0.5) is 5.69 Å². The summed E-state index contributed by atoms with van der Waals surface area (Å²) < 4.78 is 1.99. The quantitative estimate of drug-likeness (QED) is 0.233. The smallest absolute Gasteiger partial charge is 0.234 e. The van der Waals surface area contributed by atoms with Gasteiger partial charge in [0.05, 0.1) is 11.5 Å². The van der Waals surface area contributed by atoms with Crippen LogP contribution in [-0.4, -0.2) is 26.4 Å². The third kappa shape index (κ3) is 7.03. The van der Waals surface area contributed by atoms with E-state index in [1.165, 1.54) is 17.3 Å². The lowest BCUT2D eigenvalue weighted by molar-refractivity contribution is -0.113. The van der Waals surface area contributed by atoms with E-state index in [1.54, 1.807) is 23.9 Å². The van der Waals surface area contributed by atoms with Gasteiger partial charge in [0.1, 0.15) is 5.82 Å². The van der Waals surface area contributed by atoms with Gasteiger partial charge in [-0.1, -0.05) is 64.8 Å². The lowest BCUT2D eigenvalue weighted by Gasteiger charge is -2.13. The molecule has 3 rings (SSSR count). The number of benzene rings is 2. The van der Waals surface area contributed by atoms with Gasteiger partial charge in [0.2, 0.25) is 5.91 Å². The topological polar surface area (TPSA) is 59.8 Å². The van der Waals surface area contributed by atoms with Gasteiger partial charge in [-0.15, -0.1) is 28.5 Å². The van der Waals surface area contributed by atoms with Crippen LogP contribution in [0.5, 0.6) is 0 Å². The minimum atomic E-state index is -0.0727. The molecule has 0 aliphatic rings. The minimum Gasteiger partial charge on any atom is -0.325 e. The van der Waals surface area contributed by atoms with Crippen molar-refractivity contribution in [2.45, 2.75) is 44.0 Å². The lowest BCUT2D eigenvalue weighted by Crippen LogP contribution is -2.16. The number of aromatic nitrogens is 3. The first-order valence-electron chi connectivity index (χ1n) is 10.3. The summed E-state index contributed by atoms with van der Waals surface area (Å²) in [7, 11) is 0. The molecule has 0 aliphatic carbocycles. The second kappa shape index (κ2) is 12.0. The third-order valence-corrected chi connectivity index (χ3v) is 7.41. The lowest BCUT2D eigenvalue weighted by atomic mass is 10.1. The number of hydrogen-bond acceptors (Lipinski definition) is 5. The molecule has 3 aromatic rings. The molecule has 0 radical (unpaired) electrons. The fourth-order valence-corrected chi connectivity index (χ4v) is 5.71. The molecule has 33 heavy (non-hydrogen) atoms. The SMILES string of the molecule is C=CCn1c(CSCc2ccc(Cl)cc2Cl)nnc1SCC(=O)Nc1c(C)cc(C)cc1C. The van der Waals surface area contributed by atoms with Gasteiger partial charge in [0.25, 0.3) is 0 Å². The van der Waals surface area contributed by atoms with E-state index in [0.717, 1.165) is 34.0 Å². The maximum Gasteiger partial charge on any atom is 0.234 e. The van der Waals surface area contributed by atoms with Crippen LogP contribution in [0.3, 0.4) is 0 Å². The molecule has 1 amide bonds. The zero-order chi connectivity index (χ0) is 24.0. The Morgan fingerprint density at radius 1 is 1.12 bits per heavy atom. The second-order valence-electron chi connectivity index (χ2n) is 7.64. The average Bonchev–Trinajstić information content (AvgIpc) is 3.12. The van der Waals surface area contributed by atoms with Crippen molar-refractivity contribution in [2.75, 3.05) is 11.1 Å². The van der Waals surface area contributed by atoms with E-state index in [-0.39, 0.29) is 11.7 Å². The van der Waals surface area contributed by atoms with Gasteiger partial charge in [-0.05, 0) is 49.6 Å². The number of carbonyl (C=O) groups excluding carboxylic acids is 1. The summed E-state index contributed by atoms with van der Waals surface area (Å²) in [6, 6.07) is 9.65. The summed E-state index contributed by atoms with van der Waals surface area (Å²) >= 11 is 15.3. The number of nitrogens with one attached hydrogen (secondary N) is 1. The zero-order valence-corrected chi connectivity index (χ0v) is 22.0. The summed E-state index contributed by atoms with van der Waals surface area (Å²) in [4.78, 5) is 12.6. The molecule has 0 spiro atoms. The normalized spacial score (nSPS) is 10.9. The van der Waals surface area contributed by atoms with E-state index in [1.807, 2.05) is 37.5 Å². The fraction of sp³-hybridized carbons (Fsp3) is 0.292. The van der Waals surface area contributed by atoms with Crippen LogP contribution in [0, 0.1) is 20.8 Å². The predicted molar refractivity (Wildman–Crippen MR) is 142 cm³/mol. The van der Waals surface area contributed by atoms with Crippen LogP contribution >= 0.6 is 46.7 Å². The Hall–Kier alpha value is -1.93. The fourth-order valence-electron chi connectivity index (χ4n) is 3.42. The van der Waals surface area contributed by atoms with Crippen LogP contribution in [0.2, 0.25) is 10.0 Å². The molecule has 0 aliphatic heterocycles. The molecule has 0 atom stereocenters. The summed E-state index contributed by atoms with van der Waals surface area (Å²) in [5.41, 5.74) is 5.19. The summed E-state index contributed by atoms with van der Waals surface area (Å²) in [6.07, 6.45) is 1.80. The van der Waals surface area contributed by atoms with Gasteiger partial charge < -0.3 is 9.88 Å². The Balaban J connectivity index is 1.60. The van der Waals surface area contributed by atoms with E-state index in [9.17, 15) is 4.79 Å². The third-order valence-electron chi connectivity index (χ3n) is 4.88. The van der Waals surface area contributed by atoms with Crippen LogP contribution in [-0.2, 0) is 22.8 Å². The van der Waals surface area contributed by atoms with Gasteiger partial charge in [0.15, 0.2) is 5.16 Å². The van der Waals surface area contributed by atoms with Crippen molar-refractivity contribution >= 4 is 58.3 Å². The Kier molecular flexibility index (Phi) is 9.32. The molecule has 5 nitrogen and oxygen atoms in total. The number of thioether (sulfide) groups is 2. The number of rotatable bonds is 10. The van der Waals surface area contributed by atoms with E-state index >= 15 is 0 Å². The number of halogens is 2. The van der Waals surface area contributed by atoms with Gasteiger partial charge in [0, 0.05) is 28.0 Å². The van der Waals surface area contributed by atoms with Crippen molar-refractivity contribution in [3.8, 4) is 0 Å². The molecule has 0 bridgehead atoms. The van der Waals surface area contributed by atoms with Gasteiger partial charge in [-0.2, -0.15) is 0 Å². The van der Waals surface area contributed by atoms with E-state index in [2.05, 4.69) is 34.2 Å². The van der Waals surface area contributed by atoms with Gasteiger partial charge in [-0.25, -0.2) is 0 Å². The predicted octanol–water partition coefficient (Wildman–Crippen LogP) is 6.86. The van der Waals surface area contributed by atoms with Crippen molar-refractivity contribution in [1.29, 1.82) is 0 Å². The highest BCUT2D eigenvalue weighted by molar-refractivity contribution is 7.99. The summed E-state index contributed by atoms with van der Waals surface area (Å²) in [5.74, 6) is 2.40. The highest BCUT2D eigenvalue weighted by Gasteiger charge is 2.15. The highest BCUT2D eigenvalue weighted by atomic mass is 35.5. The van der Waals surface area contributed by atoms with E-state index in [0.29, 0.717) is 27.5 Å². The number of anilines is 1. The number of carbonyl (C=O) groups is 1. The van der Waals surface area contributed by atoms with Crippen molar-refractivity contribution in [1.82, 2.24) is 14.8 Å². The average molecular weight is 522 g/mol. The Morgan fingerprint density at radius 2 is 1.85 bits per heavy atom. The van der Waals surface area contributed by atoms with Crippen molar-refractivity contribution < 1.29 is 4.79 Å². The first-order chi connectivity index (χ1) is 15.8. The molecule has 0 fully saturated rings. The molecule has 1 N–H and O–H groups in total. The van der Waals surface area contributed by atoms with Crippen molar-refractivity contribution in [2.24, 2.45) is 0 Å². The molecule has 2 aromatic carbocycles. The Labute approximate surface area is 213 Å². The van der Waals surface area contributed by atoms with Gasteiger partial charge in [-0.3, -0.25) is 4.79 Å². The van der Waals surface area contributed by atoms with Crippen LogP contribution < -0.4 is 5.32 Å². The first kappa shape index (κ1) is 25.7. The number of amides is 1. The van der Waals surface area contributed by atoms with E-state index in [4.69, 9.17) is 23.2 Å². The molecule has 0 unspecified atom stereocenters. The van der Waals surface area contributed by atoms with Crippen molar-refractivity contribution in [3.63, 3.8) is 0 Å². The molecular weight excluding hydrogens is 495 g/mol. The van der Waals surface area contributed by atoms with Crippen LogP contribution in [0.1, 0.15) is 28.1 Å². The first-order valence-corrected chi connectivity index (χ1v) is 13.2. The maximum atomic E-state index is 12.6. The molecule has 1 heterocycles. The molecule has 0 saturated heterocycles. The summed E-state index contributed by atoms with van der Waals surface area (Å²) in [6.45, 7) is 10.5. The minimum absolute atomic E-state index is 0.0727. The molecule has 9 heteroatoms. The summed E-state index contributed by atoms with van der Waals surface area (Å²) in [5, 5.41) is 13.7. The van der Waals surface area contributed by atoms with Crippen molar-refractivity contribution in [3.05, 3.63) is 81.1 Å². The molecule has 1 aromatic heterocycles. The van der Waals surface area contributed by atoms with E-state index < -0.39 is 0 Å². The highest BCUT2D eigenvalue weighted by Crippen LogP contribution is 2.27. The number of aryl methyl sites for hydroxylation is 3. The number of allylic oxidation sites excluding steroid dienone is 1. The standard InChI is InChI=1S/C24H26Cl2N4OS2/c1-5-8-30-21(13-32-12-18-6-7-19(25)11-20(18)26)28-29-24(30)33-14-22(31)27-23-16(3)9-15(2)10-17(23)4/h5-7,9-11H,1,8,12-14H2,2-4H3,(H,27,31). The number of nitrogens with zero attached hydrogens (tertiary/aromatic N) is 3. The van der Waals surface area contributed by atoms with Crippen LogP contribution in [0.15, 0.2) is 48.1 Å². The zero-order valence-electron chi connectivity index (χ0n) is 18.8. The molecular formula is C24H26Cl2N4OS2. The Morgan fingerprint density at radius 3 is 2.52 bits per heavy atom.